The molecule has 0 radical (unpaired) electrons. The molecule has 2 atom stereocenters. The summed E-state index contributed by atoms with van der Waals surface area (Å²) in [4.78, 5) is 4.00. The van der Waals surface area contributed by atoms with Crippen molar-refractivity contribution in [2.45, 2.75) is 51.7 Å². The third-order valence-corrected chi connectivity index (χ3v) is 13.9. The van der Waals surface area contributed by atoms with Gasteiger partial charge in [-0.1, -0.05) is 36.4 Å². The summed E-state index contributed by atoms with van der Waals surface area (Å²) in [5.74, 6) is -0.475. The second kappa shape index (κ2) is 13.4. The largest absolute Gasteiger partial charge is 0.393 e. The molecule has 3 aromatic carbocycles. The number of aromatic nitrogens is 2. The molecule has 0 aliphatic heterocycles. The van der Waals surface area contributed by atoms with Gasteiger partial charge in [0.15, 0.2) is 0 Å². The molecule has 0 aliphatic rings. The highest BCUT2D eigenvalue weighted by Gasteiger charge is 2.20. The molecule has 8 rings (SSSR count). The van der Waals surface area contributed by atoms with E-state index in [0.717, 1.165) is 71.6 Å². The Bertz CT molecular complexity index is 2240. The molecule has 4 nitrogen and oxygen atoms in total. The minimum atomic E-state index is -0.406. The van der Waals surface area contributed by atoms with Gasteiger partial charge in [0, 0.05) is 60.6 Å². The van der Waals surface area contributed by atoms with Gasteiger partial charge in [-0.05, 0) is 87.1 Å². The van der Waals surface area contributed by atoms with Crippen LogP contribution in [0.1, 0.15) is 37.8 Å². The highest BCUT2D eigenvalue weighted by atomic mass is 32.1. The number of aliphatic hydroxyl groups excluding tert-OH is 2. The van der Waals surface area contributed by atoms with Crippen LogP contribution in [0.2, 0.25) is 0 Å². The Labute approximate surface area is 301 Å². The molecule has 5 heterocycles. The van der Waals surface area contributed by atoms with Crippen molar-refractivity contribution in [3.05, 3.63) is 95.6 Å². The van der Waals surface area contributed by atoms with Crippen LogP contribution in [-0.2, 0) is 12.8 Å². The van der Waals surface area contributed by atoms with Crippen LogP contribution in [0, 0.1) is 11.6 Å². The molecule has 0 amide bonds. The molecule has 0 fully saturated rings. The monoisotopic (exact) mass is 744 g/mol. The van der Waals surface area contributed by atoms with Gasteiger partial charge in [0.05, 0.1) is 23.9 Å². The number of fused-ring (bicyclic) bond motifs is 3. The van der Waals surface area contributed by atoms with E-state index in [9.17, 15) is 10.2 Å². The third kappa shape index (κ3) is 6.49. The molecule has 248 valence electrons. The topological polar surface area (TPSA) is 66.2 Å². The van der Waals surface area contributed by atoms with E-state index in [1.54, 1.807) is 71.3 Å². The number of benzene rings is 3. The lowest BCUT2D eigenvalue weighted by molar-refractivity contribution is 0.184. The Morgan fingerprint density at radius 2 is 0.878 bits per heavy atom. The number of aliphatic hydroxyl groups is 2. The molecule has 0 bridgehead atoms. The van der Waals surface area contributed by atoms with Crippen LogP contribution < -0.4 is 0 Å². The zero-order valence-corrected chi connectivity index (χ0v) is 30.6. The van der Waals surface area contributed by atoms with E-state index in [2.05, 4.69) is 36.4 Å². The second-order valence-corrected chi connectivity index (χ2v) is 17.3. The van der Waals surface area contributed by atoms with Gasteiger partial charge in [-0.15, -0.1) is 45.3 Å². The maximum absolute atomic E-state index is 15.1. The molecule has 5 aromatic heterocycles. The average Bonchev–Trinajstić information content (AvgIpc) is 3.89. The van der Waals surface area contributed by atoms with Crippen LogP contribution in [0.4, 0.5) is 8.78 Å². The Morgan fingerprint density at radius 1 is 0.531 bits per heavy atom. The normalized spacial score (nSPS) is 13.3. The summed E-state index contributed by atoms with van der Waals surface area (Å²) in [6, 6.07) is 23.5. The molecule has 0 saturated heterocycles. The molecule has 0 saturated carbocycles. The summed E-state index contributed by atoms with van der Waals surface area (Å²) < 4.78 is 44.0. The van der Waals surface area contributed by atoms with Crippen molar-refractivity contribution in [2.75, 3.05) is 0 Å². The zero-order chi connectivity index (χ0) is 33.8. The van der Waals surface area contributed by atoms with E-state index in [4.69, 9.17) is 8.75 Å². The number of thiophene rings is 4. The van der Waals surface area contributed by atoms with E-state index in [1.165, 1.54) is 11.7 Å². The molecular weight excluding hydrogens is 715 g/mol. The molecule has 2 unspecified atom stereocenters. The van der Waals surface area contributed by atoms with Crippen molar-refractivity contribution in [2.24, 2.45) is 0 Å². The minimum absolute atomic E-state index is 0.237. The van der Waals surface area contributed by atoms with Crippen molar-refractivity contribution >= 4 is 86.9 Å². The number of rotatable bonds is 10. The van der Waals surface area contributed by atoms with E-state index < -0.39 is 12.2 Å². The maximum Gasteiger partial charge on any atom is 0.132 e. The first kappa shape index (κ1) is 32.8. The van der Waals surface area contributed by atoms with Crippen LogP contribution in [0.5, 0.6) is 0 Å². The van der Waals surface area contributed by atoms with Crippen molar-refractivity contribution in [3.63, 3.8) is 0 Å². The van der Waals surface area contributed by atoms with Gasteiger partial charge in [-0.25, -0.2) is 8.78 Å². The predicted octanol–water partition coefficient (Wildman–Crippen LogP) is 11.8. The molecule has 2 N–H and O–H groups in total. The third-order valence-electron chi connectivity index (χ3n) is 8.66. The van der Waals surface area contributed by atoms with Gasteiger partial charge in [-0.2, -0.15) is 8.75 Å². The predicted molar refractivity (Wildman–Crippen MR) is 206 cm³/mol. The average molecular weight is 745 g/mol. The summed E-state index contributed by atoms with van der Waals surface area (Å²) in [5, 5.41) is 19.1. The van der Waals surface area contributed by atoms with Gasteiger partial charge >= 0.3 is 0 Å². The first-order chi connectivity index (χ1) is 23.7. The van der Waals surface area contributed by atoms with E-state index in [0.29, 0.717) is 36.8 Å². The van der Waals surface area contributed by atoms with Crippen LogP contribution in [0.25, 0.3) is 71.6 Å². The Balaban J connectivity index is 1.05. The van der Waals surface area contributed by atoms with Gasteiger partial charge < -0.3 is 10.2 Å². The Morgan fingerprint density at radius 3 is 1.22 bits per heavy atom. The second-order valence-electron chi connectivity index (χ2n) is 12.4. The van der Waals surface area contributed by atoms with Crippen molar-refractivity contribution in [1.29, 1.82) is 0 Å². The number of aryl methyl sites for hydroxylation is 2. The van der Waals surface area contributed by atoms with Crippen LogP contribution >= 0.6 is 57.1 Å². The molecule has 0 aliphatic carbocycles. The van der Waals surface area contributed by atoms with Crippen molar-refractivity contribution in [3.8, 4) is 41.8 Å². The lowest BCUT2D eigenvalue weighted by Gasteiger charge is -2.06. The summed E-state index contributed by atoms with van der Waals surface area (Å²) in [5.41, 5.74) is 6.77. The summed E-state index contributed by atoms with van der Waals surface area (Å²) in [7, 11) is 0. The fourth-order valence-electron chi connectivity index (χ4n) is 6.05. The summed E-state index contributed by atoms with van der Waals surface area (Å²) in [6.45, 7) is 3.50. The van der Waals surface area contributed by atoms with E-state index >= 15 is 8.78 Å². The molecule has 11 heteroatoms. The van der Waals surface area contributed by atoms with Crippen LogP contribution in [0.3, 0.4) is 0 Å². The van der Waals surface area contributed by atoms with Gasteiger partial charge in [-0.3, -0.25) is 0 Å². The highest BCUT2D eigenvalue weighted by molar-refractivity contribution is 7.31. The van der Waals surface area contributed by atoms with Gasteiger partial charge in [0.2, 0.25) is 0 Å². The lowest BCUT2D eigenvalue weighted by atomic mass is 10.0. The van der Waals surface area contributed by atoms with Gasteiger partial charge in [0.25, 0.3) is 0 Å². The van der Waals surface area contributed by atoms with E-state index in [1.807, 2.05) is 24.3 Å². The summed E-state index contributed by atoms with van der Waals surface area (Å²) >= 11 is 7.73. The van der Waals surface area contributed by atoms with Crippen molar-refractivity contribution in [1.82, 2.24) is 8.75 Å². The fourth-order valence-corrected chi connectivity index (χ4v) is 11.5. The summed E-state index contributed by atoms with van der Waals surface area (Å²) in [6.07, 6.45) is 1.69. The fraction of sp³-hybridized carbons (Fsp3) is 0.211. The Hall–Kier alpha value is -3.42. The SMILES string of the molecule is CC(O)CCc1ccc(-c2cc3sc(-c4ccc(-c5cc6sc(-c7ccc(CCC(C)O)cc7F)cc6s5)c5nsnc45)cc3s2)c(F)c1. The maximum atomic E-state index is 15.1. The smallest absolute Gasteiger partial charge is 0.132 e. The van der Waals surface area contributed by atoms with Crippen LogP contribution in [-0.4, -0.2) is 31.2 Å². The van der Waals surface area contributed by atoms with Crippen LogP contribution in [0.15, 0.2) is 72.8 Å². The molecule has 0 spiro atoms. The van der Waals surface area contributed by atoms with Crippen molar-refractivity contribution < 1.29 is 19.0 Å². The zero-order valence-electron chi connectivity index (χ0n) is 26.5. The number of halogens is 2. The van der Waals surface area contributed by atoms with E-state index in [-0.39, 0.29) is 11.6 Å². The quantitative estimate of drug-likeness (QED) is 0.146. The first-order valence-electron chi connectivity index (χ1n) is 16.0. The molecule has 8 aromatic rings. The number of hydrogen-bond acceptors (Lipinski definition) is 9. The number of hydrogen-bond donors (Lipinski definition) is 2. The minimum Gasteiger partial charge on any atom is -0.393 e. The molecular formula is C38H30F2N2O2S5. The first-order valence-corrected chi connectivity index (χ1v) is 20.0. The highest BCUT2D eigenvalue weighted by Crippen LogP contribution is 2.47. The molecule has 49 heavy (non-hydrogen) atoms. The van der Waals surface area contributed by atoms with Gasteiger partial charge in [0.1, 0.15) is 22.7 Å². The number of nitrogens with zero attached hydrogens (tertiary/aromatic N) is 2. The lowest BCUT2D eigenvalue weighted by Crippen LogP contribution is -2.01. The standard InChI is InChI=1S/C38H30F2N2O2S5/c1-19(43)3-5-21-7-9-23(27(39)13-21)29-15-33-35(45-29)17-31(47-33)25-11-12-26(38-37(25)41-49-42-38)32-18-36-34(48-32)16-30(46-36)24-10-8-22(14-28(24)40)6-4-20(2)44/h7-20,43-44H,3-6H2,1-2H3. The Kier molecular flexibility index (Phi) is 8.94.